The van der Waals surface area contributed by atoms with Gasteiger partial charge in [-0.1, -0.05) is 18.2 Å². The molecule has 2 heterocycles. The number of ether oxygens (including phenoxy) is 1. The fraction of sp³-hybridized carbons (Fsp3) is 0.348. The number of quaternary nitrogens is 1. The Kier molecular flexibility index (Phi) is 5.09. The summed E-state index contributed by atoms with van der Waals surface area (Å²) < 4.78 is 11.0. The van der Waals surface area contributed by atoms with Gasteiger partial charge in [0.2, 0.25) is 0 Å². The zero-order valence-corrected chi connectivity index (χ0v) is 16.7. The molecule has 0 radical (unpaired) electrons. The summed E-state index contributed by atoms with van der Waals surface area (Å²) >= 11 is 0. The van der Waals surface area contributed by atoms with Crippen molar-refractivity contribution in [2.24, 2.45) is 0 Å². The number of aryl methyl sites for hydroxylation is 2. The van der Waals surface area contributed by atoms with E-state index in [1.807, 2.05) is 19.1 Å². The Labute approximate surface area is 165 Å². The lowest BCUT2D eigenvalue weighted by molar-refractivity contribution is -0.914. The molecule has 146 valence electrons. The standard InChI is InChI=1S/C23H26N2O3/c1-16-12-17(2)23-19(13-16)18(14-22(26)28-23)15-24-8-10-25(11-9-24)20-6-4-5-7-21(20)27-3/h4-7,12-14H,8-11,15H2,1-3H3/p+1. The van der Waals surface area contributed by atoms with Gasteiger partial charge in [-0.05, 0) is 43.2 Å². The Morgan fingerprint density at radius 1 is 1.11 bits per heavy atom. The molecular weight excluding hydrogens is 352 g/mol. The third-order valence-electron chi connectivity index (χ3n) is 5.60. The van der Waals surface area contributed by atoms with Gasteiger partial charge in [-0.15, -0.1) is 0 Å². The molecule has 5 nitrogen and oxygen atoms in total. The summed E-state index contributed by atoms with van der Waals surface area (Å²) in [5.41, 5.74) is 4.91. The fourth-order valence-electron chi connectivity index (χ4n) is 4.23. The number of anilines is 1. The van der Waals surface area contributed by atoms with Gasteiger partial charge in [0, 0.05) is 17.0 Å². The number of piperazine rings is 1. The number of nitrogens with zero attached hydrogens (tertiary/aromatic N) is 1. The quantitative estimate of drug-likeness (QED) is 0.707. The summed E-state index contributed by atoms with van der Waals surface area (Å²) in [6.45, 7) is 8.89. The molecule has 1 N–H and O–H groups in total. The van der Waals surface area contributed by atoms with Crippen LogP contribution >= 0.6 is 0 Å². The molecule has 28 heavy (non-hydrogen) atoms. The van der Waals surface area contributed by atoms with E-state index in [-0.39, 0.29) is 5.63 Å². The largest absolute Gasteiger partial charge is 0.495 e. The second kappa shape index (κ2) is 7.68. The molecule has 1 saturated heterocycles. The second-order valence-corrected chi connectivity index (χ2v) is 7.63. The molecule has 0 bridgehead atoms. The van der Waals surface area contributed by atoms with Gasteiger partial charge < -0.3 is 19.0 Å². The summed E-state index contributed by atoms with van der Waals surface area (Å²) in [7, 11) is 1.72. The van der Waals surface area contributed by atoms with E-state index < -0.39 is 0 Å². The third kappa shape index (κ3) is 3.62. The minimum absolute atomic E-state index is 0.262. The highest BCUT2D eigenvalue weighted by molar-refractivity contribution is 5.83. The smallest absolute Gasteiger partial charge is 0.336 e. The molecule has 0 spiro atoms. The molecular formula is C23H27N2O3+. The van der Waals surface area contributed by atoms with Gasteiger partial charge in [0.15, 0.2) is 0 Å². The van der Waals surface area contributed by atoms with Crippen molar-refractivity contribution in [3.8, 4) is 5.75 Å². The highest BCUT2D eigenvalue weighted by atomic mass is 16.5. The topological polar surface area (TPSA) is 47.1 Å². The van der Waals surface area contributed by atoms with Crippen LogP contribution < -0.4 is 20.2 Å². The number of methoxy groups -OCH3 is 1. The van der Waals surface area contributed by atoms with Gasteiger partial charge in [0.05, 0.1) is 39.0 Å². The van der Waals surface area contributed by atoms with Gasteiger partial charge in [-0.25, -0.2) is 4.79 Å². The summed E-state index contributed by atoms with van der Waals surface area (Å²) in [4.78, 5) is 16.0. The second-order valence-electron chi connectivity index (χ2n) is 7.63. The molecule has 1 aliphatic rings. The van der Waals surface area contributed by atoms with Gasteiger partial charge >= 0.3 is 5.63 Å². The van der Waals surface area contributed by atoms with Crippen LogP contribution in [0, 0.1) is 13.8 Å². The lowest BCUT2D eigenvalue weighted by Gasteiger charge is -2.34. The summed E-state index contributed by atoms with van der Waals surface area (Å²) in [6.07, 6.45) is 0. The van der Waals surface area contributed by atoms with Crippen molar-refractivity contribution in [2.45, 2.75) is 20.4 Å². The molecule has 1 fully saturated rings. The Hall–Kier alpha value is -2.79. The molecule has 1 aromatic heterocycles. The van der Waals surface area contributed by atoms with E-state index in [1.54, 1.807) is 13.2 Å². The maximum absolute atomic E-state index is 12.1. The van der Waals surface area contributed by atoms with Crippen LogP contribution in [0.25, 0.3) is 11.0 Å². The first kappa shape index (κ1) is 18.6. The molecule has 0 amide bonds. The summed E-state index contributed by atoms with van der Waals surface area (Å²) in [5.74, 6) is 0.920. The first-order valence-corrected chi connectivity index (χ1v) is 9.80. The van der Waals surface area contributed by atoms with Crippen molar-refractivity contribution in [3.05, 3.63) is 69.6 Å². The normalized spacial score (nSPS) is 15.2. The van der Waals surface area contributed by atoms with Crippen molar-refractivity contribution < 1.29 is 14.1 Å². The van der Waals surface area contributed by atoms with Crippen LogP contribution in [0.3, 0.4) is 0 Å². The number of para-hydroxylation sites is 2. The van der Waals surface area contributed by atoms with Crippen molar-refractivity contribution in [1.29, 1.82) is 0 Å². The molecule has 1 aliphatic heterocycles. The SMILES string of the molecule is COc1ccccc1N1CC[NH+](Cc2cc(=O)oc3c(C)cc(C)cc23)CC1. The van der Waals surface area contributed by atoms with Crippen molar-refractivity contribution >= 4 is 16.7 Å². The van der Waals surface area contributed by atoms with Crippen LogP contribution in [0.15, 0.2) is 51.7 Å². The van der Waals surface area contributed by atoms with Gasteiger partial charge in [-0.2, -0.15) is 0 Å². The Balaban J connectivity index is 1.53. The maximum atomic E-state index is 12.1. The summed E-state index contributed by atoms with van der Waals surface area (Å²) in [6, 6.07) is 14.0. The van der Waals surface area contributed by atoms with E-state index in [4.69, 9.17) is 9.15 Å². The third-order valence-corrected chi connectivity index (χ3v) is 5.60. The van der Waals surface area contributed by atoms with E-state index in [9.17, 15) is 4.79 Å². The van der Waals surface area contributed by atoms with E-state index in [1.165, 1.54) is 10.5 Å². The number of hydrogen-bond donors (Lipinski definition) is 1. The van der Waals surface area contributed by atoms with Crippen LogP contribution in [-0.2, 0) is 6.54 Å². The highest BCUT2D eigenvalue weighted by Crippen LogP contribution is 2.27. The van der Waals surface area contributed by atoms with Crippen LogP contribution in [0.1, 0.15) is 16.7 Å². The van der Waals surface area contributed by atoms with Crippen LogP contribution in [0.2, 0.25) is 0 Å². The van der Waals surface area contributed by atoms with E-state index in [0.29, 0.717) is 0 Å². The van der Waals surface area contributed by atoms with Crippen LogP contribution in [0.5, 0.6) is 5.75 Å². The summed E-state index contributed by atoms with van der Waals surface area (Å²) in [5, 5.41) is 1.07. The molecule has 0 atom stereocenters. The van der Waals surface area contributed by atoms with Crippen molar-refractivity contribution in [3.63, 3.8) is 0 Å². The Bertz CT molecular complexity index is 1050. The van der Waals surface area contributed by atoms with E-state index >= 15 is 0 Å². The number of rotatable bonds is 4. The molecule has 2 aromatic carbocycles. The molecule has 3 aromatic rings. The monoisotopic (exact) mass is 379 g/mol. The minimum Gasteiger partial charge on any atom is -0.495 e. The van der Waals surface area contributed by atoms with Crippen LogP contribution in [-0.4, -0.2) is 33.3 Å². The van der Waals surface area contributed by atoms with Gasteiger partial charge in [0.1, 0.15) is 17.9 Å². The Morgan fingerprint density at radius 2 is 1.86 bits per heavy atom. The highest BCUT2D eigenvalue weighted by Gasteiger charge is 2.23. The molecule has 4 rings (SSSR count). The first-order valence-electron chi connectivity index (χ1n) is 9.80. The predicted molar refractivity (Wildman–Crippen MR) is 112 cm³/mol. The fourth-order valence-corrected chi connectivity index (χ4v) is 4.23. The van der Waals surface area contributed by atoms with Crippen LogP contribution in [0.4, 0.5) is 5.69 Å². The van der Waals surface area contributed by atoms with Crippen molar-refractivity contribution in [1.82, 2.24) is 0 Å². The van der Waals surface area contributed by atoms with Crippen molar-refractivity contribution in [2.75, 3.05) is 38.2 Å². The number of fused-ring (bicyclic) bond motifs is 1. The lowest BCUT2D eigenvalue weighted by atomic mass is 10.0. The average molecular weight is 379 g/mol. The maximum Gasteiger partial charge on any atom is 0.336 e. The van der Waals surface area contributed by atoms with E-state index in [0.717, 1.165) is 66.3 Å². The van der Waals surface area contributed by atoms with E-state index in [2.05, 4.69) is 36.1 Å². The molecule has 0 saturated carbocycles. The minimum atomic E-state index is -0.262. The zero-order valence-electron chi connectivity index (χ0n) is 16.7. The van der Waals surface area contributed by atoms with Gasteiger partial charge in [0.25, 0.3) is 0 Å². The molecule has 0 aliphatic carbocycles. The average Bonchev–Trinajstić information content (AvgIpc) is 2.69. The number of hydrogen-bond acceptors (Lipinski definition) is 4. The molecule has 5 heteroatoms. The van der Waals surface area contributed by atoms with Gasteiger partial charge in [-0.3, -0.25) is 0 Å². The predicted octanol–water partition coefficient (Wildman–Crippen LogP) is 2.32. The zero-order chi connectivity index (χ0) is 19.7. The first-order chi connectivity index (χ1) is 13.5. The Morgan fingerprint density at radius 3 is 2.61 bits per heavy atom. The lowest BCUT2D eigenvalue weighted by Crippen LogP contribution is -3.13. The number of benzene rings is 2. The molecule has 0 unspecified atom stereocenters. The number of nitrogens with one attached hydrogen (secondary N) is 1.